The molecule has 1 amide bonds. The van der Waals surface area contributed by atoms with Crippen LogP contribution in [0.25, 0.3) is 0 Å². The first-order valence-electron chi connectivity index (χ1n) is 5.72. The minimum Gasteiger partial charge on any atom is -0.445 e. The van der Waals surface area contributed by atoms with E-state index in [1.165, 1.54) is 0 Å². The molecule has 0 bridgehead atoms. The fourth-order valence-electron chi connectivity index (χ4n) is 1.39. The zero-order chi connectivity index (χ0) is 12.5. The Morgan fingerprint density at radius 2 is 2.00 bits per heavy atom. The van der Waals surface area contributed by atoms with Crippen molar-refractivity contribution >= 4 is 6.09 Å². The van der Waals surface area contributed by atoms with Crippen molar-refractivity contribution in [2.24, 2.45) is 0 Å². The molecule has 0 N–H and O–H groups in total. The van der Waals surface area contributed by atoms with Crippen LogP contribution < -0.4 is 0 Å². The van der Waals surface area contributed by atoms with Crippen LogP contribution in [-0.4, -0.2) is 37.8 Å². The van der Waals surface area contributed by atoms with Crippen LogP contribution in [0.1, 0.15) is 12.5 Å². The Hall–Kier alpha value is -1.55. The van der Waals surface area contributed by atoms with E-state index < -0.39 is 0 Å². The number of benzene rings is 1. The lowest BCUT2D eigenvalue weighted by atomic mass is 10.2. The van der Waals surface area contributed by atoms with E-state index in [1.54, 1.807) is 12.0 Å². The van der Waals surface area contributed by atoms with Crippen molar-refractivity contribution in [2.45, 2.75) is 13.5 Å². The van der Waals surface area contributed by atoms with Crippen LogP contribution in [-0.2, 0) is 16.1 Å². The van der Waals surface area contributed by atoms with Crippen LogP contribution >= 0.6 is 0 Å². The van der Waals surface area contributed by atoms with Gasteiger partial charge < -0.3 is 14.4 Å². The first-order valence-corrected chi connectivity index (χ1v) is 5.72. The van der Waals surface area contributed by atoms with Gasteiger partial charge in [0.05, 0.1) is 6.61 Å². The smallest absolute Gasteiger partial charge is 0.410 e. The molecule has 1 aromatic carbocycles. The van der Waals surface area contributed by atoms with Crippen LogP contribution in [0.3, 0.4) is 0 Å². The Morgan fingerprint density at radius 3 is 2.59 bits per heavy atom. The highest BCUT2D eigenvalue weighted by molar-refractivity contribution is 5.67. The molecule has 0 saturated carbocycles. The molecule has 0 unspecified atom stereocenters. The largest absolute Gasteiger partial charge is 0.445 e. The minimum absolute atomic E-state index is 0.298. The average molecular weight is 237 g/mol. The second-order valence-corrected chi connectivity index (χ2v) is 3.61. The van der Waals surface area contributed by atoms with Crippen molar-refractivity contribution in [3.63, 3.8) is 0 Å². The van der Waals surface area contributed by atoms with E-state index in [1.807, 2.05) is 37.3 Å². The molecule has 0 fully saturated rings. The Balaban J connectivity index is 2.37. The SMILES string of the molecule is CCN(CCOC)C(=O)OCc1ccccc1. The summed E-state index contributed by atoms with van der Waals surface area (Å²) in [5.41, 5.74) is 0.989. The molecular weight excluding hydrogens is 218 g/mol. The molecule has 4 heteroatoms. The van der Waals surface area contributed by atoms with Gasteiger partial charge in [0.1, 0.15) is 6.61 Å². The third-order valence-electron chi connectivity index (χ3n) is 2.41. The number of rotatable bonds is 6. The van der Waals surface area contributed by atoms with E-state index >= 15 is 0 Å². The molecule has 0 radical (unpaired) electrons. The summed E-state index contributed by atoms with van der Waals surface area (Å²) >= 11 is 0. The fourth-order valence-corrected chi connectivity index (χ4v) is 1.39. The predicted octanol–water partition coefficient (Wildman–Crippen LogP) is 2.29. The number of hydrogen-bond donors (Lipinski definition) is 0. The van der Waals surface area contributed by atoms with Crippen molar-refractivity contribution in [2.75, 3.05) is 26.8 Å². The third-order valence-corrected chi connectivity index (χ3v) is 2.41. The first kappa shape index (κ1) is 13.5. The Bertz CT molecular complexity index is 327. The van der Waals surface area contributed by atoms with Crippen LogP contribution in [0.4, 0.5) is 4.79 Å². The molecule has 94 valence electrons. The molecule has 1 aromatic rings. The summed E-state index contributed by atoms with van der Waals surface area (Å²) in [4.78, 5) is 13.3. The second-order valence-electron chi connectivity index (χ2n) is 3.61. The molecule has 4 nitrogen and oxygen atoms in total. The van der Waals surface area contributed by atoms with Gasteiger partial charge in [-0.2, -0.15) is 0 Å². The maximum absolute atomic E-state index is 11.7. The standard InChI is InChI=1S/C13H19NO3/c1-3-14(9-10-16-2)13(15)17-11-12-7-5-4-6-8-12/h4-8H,3,9-11H2,1-2H3. The van der Waals surface area contributed by atoms with Gasteiger partial charge in [-0.3, -0.25) is 0 Å². The normalized spacial score (nSPS) is 10.0. The molecular formula is C13H19NO3. The quantitative estimate of drug-likeness (QED) is 0.762. The number of ether oxygens (including phenoxy) is 2. The van der Waals surface area contributed by atoms with Crippen LogP contribution in [0, 0.1) is 0 Å². The van der Waals surface area contributed by atoms with Crippen LogP contribution in [0.2, 0.25) is 0 Å². The molecule has 0 aliphatic rings. The predicted molar refractivity (Wildman–Crippen MR) is 65.8 cm³/mol. The first-order chi connectivity index (χ1) is 8.27. The highest BCUT2D eigenvalue weighted by Crippen LogP contribution is 2.03. The van der Waals surface area contributed by atoms with Gasteiger partial charge >= 0.3 is 6.09 Å². The van der Waals surface area contributed by atoms with Crippen molar-refractivity contribution in [1.29, 1.82) is 0 Å². The lowest BCUT2D eigenvalue weighted by molar-refractivity contribution is 0.0845. The summed E-state index contributed by atoms with van der Waals surface area (Å²) in [5.74, 6) is 0. The maximum Gasteiger partial charge on any atom is 0.410 e. The van der Waals surface area contributed by atoms with E-state index in [4.69, 9.17) is 9.47 Å². The molecule has 0 aliphatic carbocycles. The summed E-state index contributed by atoms with van der Waals surface area (Å²) in [7, 11) is 1.61. The topological polar surface area (TPSA) is 38.8 Å². The van der Waals surface area contributed by atoms with Crippen LogP contribution in [0.5, 0.6) is 0 Å². The zero-order valence-corrected chi connectivity index (χ0v) is 10.4. The van der Waals surface area contributed by atoms with Gasteiger partial charge in [-0.25, -0.2) is 4.79 Å². The van der Waals surface area contributed by atoms with Gasteiger partial charge in [0, 0.05) is 20.2 Å². The van der Waals surface area contributed by atoms with Gasteiger partial charge in [-0.05, 0) is 12.5 Å². The number of carbonyl (C=O) groups excluding carboxylic acids is 1. The number of amides is 1. The minimum atomic E-state index is -0.298. The van der Waals surface area contributed by atoms with Gasteiger partial charge in [-0.1, -0.05) is 30.3 Å². The van der Waals surface area contributed by atoms with E-state index in [-0.39, 0.29) is 6.09 Å². The lowest BCUT2D eigenvalue weighted by Gasteiger charge is -2.19. The van der Waals surface area contributed by atoms with Crippen molar-refractivity contribution in [3.05, 3.63) is 35.9 Å². The third kappa shape index (κ3) is 4.87. The highest BCUT2D eigenvalue weighted by atomic mass is 16.6. The fraction of sp³-hybridized carbons (Fsp3) is 0.462. The average Bonchev–Trinajstić information content (AvgIpc) is 2.38. The van der Waals surface area contributed by atoms with E-state index in [0.717, 1.165) is 5.56 Å². The van der Waals surface area contributed by atoms with E-state index in [2.05, 4.69) is 0 Å². The number of carbonyl (C=O) groups is 1. The van der Waals surface area contributed by atoms with Crippen molar-refractivity contribution in [1.82, 2.24) is 4.90 Å². The maximum atomic E-state index is 11.7. The van der Waals surface area contributed by atoms with Gasteiger partial charge in [0.25, 0.3) is 0 Å². The van der Waals surface area contributed by atoms with Gasteiger partial charge in [0.15, 0.2) is 0 Å². The van der Waals surface area contributed by atoms with Gasteiger partial charge in [0.2, 0.25) is 0 Å². The molecule has 0 saturated heterocycles. The zero-order valence-electron chi connectivity index (χ0n) is 10.4. The summed E-state index contributed by atoms with van der Waals surface area (Å²) in [5, 5.41) is 0. The molecule has 17 heavy (non-hydrogen) atoms. The summed E-state index contributed by atoms with van der Waals surface area (Å²) < 4.78 is 10.1. The Kier molecular flexibility index (Phi) is 6.10. The van der Waals surface area contributed by atoms with Crippen LogP contribution in [0.15, 0.2) is 30.3 Å². The highest BCUT2D eigenvalue weighted by Gasteiger charge is 2.12. The summed E-state index contributed by atoms with van der Waals surface area (Å²) in [6.45, 7) is 3.93. The number of hydrogen-bond acceptors (Lipinski definition) is 3. The Morgan fingerprint density at radius 1 is 1.29 bits per heavy atom. The monoisotopic (exact) mass is 237 g/mol. The Labute approximate surface area is 102 Å². The van der Waals surface area contributed by atoms with E-state index in [9.17, 15) is 4.79 Å². The van der Waals surface area contributed by atoms with Gasteiger partial charge in [-0.15, -0.1) is 0 Å². The molecule has 0 atom stereocenters. The number of nitrogens with zero attached hydrogens (tertiary/aromatic N) is 1. The van der Waals surface area contributed by atoms with Crippen molar-refractivity contribution in [3.8, 4) is 0 Å². The summed E-state index contributed by atoms with van der Waals surface area (Å²) in [6, 6.07) is 9.64. The summed E-state index contributed by atoms with van der Waals surface area (Å²) in [6.07, 6.45) is -0.298. The van der Waals surface area contributed by atoms with E-state index in [0.29, 0.717) is 26.3 Å². The van der Waals surface area contributed by atoms with Crippen molar-refractivity contribution < 1.29 is 14.3 Å². The molecule has 1 rings (SSSR count). The molecule has 0 spiro atoms. The molecule has 0 heterocycles. The lowest BCUT2D eigenvalue weighted by Crippen LogP contribution is -2.34. The molecule has 0 aromatic heterocycles. The second kappa shape index (κ2) is 7.68. The number of methoxy groups -OCH3 is 1. The number of likely N-dealkylation sites (N-methyl/N-ethyl adjacent to an activating group) is 1. The molecule has 0 aliphatic heterocycles.